The van der Waals surface area contributed by atoms with Crippen LogP contribution in [0.4, 0.5) is 4.39 Å². The molecule has 2 atom stereocenters. The van der Waals surface area contributed by atoms with Crippen molar-refractivity contribution in [2.45, 2.75) is 18.7 Å². The second kappa shape index (κ2) is 4.32. The molecule has 82 valence electrons. The van der Waals surface area contributed by atoms with Crippen molar-refractivity contribution in [3.63, 3.8) is 0 Å². The topological polar surface area (TPSA) is 26.0 Å². The van der Waals surface area contributed by atoms with Crippen LogP contribution in [0.3, 0.4) is 0 Å². The van der Waals surface area contributed by atoms with Gasteiger partial charge in [-0.25, -0.2) is 4.39 Å². The molecule has 1 aliphatic heterocycles. The fraction of sp³-hybridized carbons (Fsp3) is 0.455. The van der Waals surface area contributed by atoms with Crippen molar-refractivity contribution in [1.82, 2.24) is 0 Å². The van der Waals surface area contributed by atoms with Crippen molar-refractivity contribution in [3.8, 4) is 0 Å². The van der Waals surface area contributed by atoms with Gasteiger partial charge in [-0.15, -0.1) is 0 Å². The largest absolute Gasteiger partial charge is 0.324 e. The first-order valence-electron chi connectivity index (χ1n) is 4.90. The Labute approximate surface area is 98.2 Å². The molecule has 0 spiro atoms. The van der Waals surface area contributed by atoms with Crippen molar-refractivity contribution < 1.29 is 4.39 Å². The molecule has 2 rings (SSSR count). The zero-order chi connectivity index (χ0) is 11.0. The molecule has 0 saturated carbocycles. The highest BCUT2D eigenvalue weighted by Crippen LogP contribution is 2.36. The van der Waals surface area contributed by atoms with Gasteiger partial charge < -0.3 is 5.73 Å². The molecule has 0 fully saturated rings. The van der Waals surface area contributed by atoms with E-state index in [0.717, 1.165) is 22.6 Å². The first-order chi connectivity index (χ1) is 7.09. The van der Waals surface area contributed by atoms with Crippen molar-refractivity contribution in [3.05, 3.63) is 34.1 Å². The first kappa shape index (κ1) is 11.2. The number of nitrogens with two attached hydrogens (primary N) is 1. The van der Waals surface area contributed by atoms with Crippen LogP contribution in [0.25, 0.3) is 0 Å². The molecule has 0 aliphatic carbocycles. The normalized spacial score (nSPS) is 25.9. The van der Waals surface area contributed by atoms with E-state index in [1.165, 1.54) is 12.1 Å². The summed E-state index contributed by atoms with van der Waals surface area (Å²) in [6.45, 7) is 2.09. The van der Waals surface area contributed by atoms with E-state index in [2.05, 4.69) is 6.92 Å². The van der Waals surface area contributed by atoms with Gasteiger partial charge >= 0.3 is 0 Å². The van der Waals surface area contributed by atoms with Crippen LogP contribution < -0.4 is 5.73 Å². The summed E-state index contributed by atoms with van der Waals surface area (Å²) in [4.78, 5) is 0. The molecule has 15 heavy (non-hydrogen) atoms. The van der Waals surface area contributed by atoms with Crippen molar-refractivity contribution in [2.24, 2.45) is 11.7 Å². The summed E-state index contributed by atoms with van der Waals surface area (Å²) in [5.41, 5.74) is 7.96. The van der Waals surface area contributed by atoms with E-state index in [9.17, 15) is 4.39 Å². The molecule has 0 bridgehead atoms. The van der Waals surface area contributed by atoms with E-state index in [1.807, 2.05) is 0 Å². The average molecular weight is 246 g/mol. The minimum Gasteiger partial charge on any atom is -0.324 e. The van der Waals surface area contributed by atoms with E-state index >= 15 is 0 Å². The van der Waals surface area contributed by atoms with Gasteiger partial charge in [0.05, 0.1) is 0 Å². The fourth-order valence-electron chi connectivity index (χ4n) is 1.83. The maximum atomic E-state index is 13.2. The molecule has 1 aliphatic rings. The Morgan fingerprint density at radius 1 is 1.53 bits per heavy atom. The van der Waals surface area contributed by atoms with Gasteiger partial charge in [-0.2, -0.15) is 11.8 Å². The number of hydrogen-bond acceptors (Lipinski definition) is 2. The zero-order valence-corrected chi connectivity index (χ0v) is 10.0. The summed E-state index contributed by atoms with van der Waals surface area (Å²) >= 11 is 7.83. The molecule has 0 aromatic heterocycles. The standard InChI is InChI=1S/C11H13ClFNS/c1-6-4-15-5-9-8(11(6)14)2-7(13)3-10(9)12/h2-3,6,11H,4-5,14H2,1H3. The Morgan fingerprint density at radius 2 is 2.27 bits per heavy atom. The summed E-state index contributed by atoms with van der Waals surface area (Å²) in [5.74, 6) is 1.88. The number of fused-ring (bicyclic) bond motifs is 1. The monoisotopic (exact) mass is 245 g/mol. The lowest BCUT2D eigenvalue weighted by Gasteiger charge is -2.18. The minimum atomic E-state index is -0.298. The summed E-state index contributed by atoms with van der Waals surface area (Å²) in [6, 6.07) is 2.78. The number of hydrogen-bond donors (Lipinski definition) is 1. The Hall–Kier alpha value is -0.250. The van der Waals surface area contributed by atoms with Crippen LogP contribution in [0.5, 0.6) is 0 Å². The van der Waals surface area contributed by atoms with Crippen LogP contribution in [0.2, 0.25) is 5.02 Å². The van der Waals surface area contributed by atoms with Crippen molar-refractivity contribution >= 4 is 23.4 Å². The van der Waals surface area contributed by atoms with E-state index in [1.54, 1.807) is 11.8 Å². The van der Waals surface area contributed by atoms with Gasteiger partial charge in [-0.3, -0.25) is 0 Å². The smallest absolute Gasteiger partial charge is 0.125 e. The maximum Gasteiger partial charge on any atom is 0.125 e. The molecule has 2 unspecified atom stereocenters. The SMILES string of the molecule is CC1CSCc2c(Cl)cc(F)cc2C1N. The zero-order valence-electron chi connectivity index (χ0n) is 8.47. The maximum absolute atomic E-state index is 13.2. The Balaban J connectivity index is 2.53. The first-order valence-corrected chi connectivity index (χ1v) is 6.44. The van der Waals surface area contributed by atoms with Gasteiger partial charge in [-0.1, -0.05) is 18.5 Å². The van der Waals surface area contributed by atoms with Gasteiger partial charge in [0.2, 0.25) is 0 Å². The number of benzene rings is 1. The Kier molecular flexibility index (Phi) is 3.24. The quantitative estimate of drug-likeness (QED) is 0.759. The predicted octanol–water partition coefficient (Wildman–Crippen LogP) is 3.36. The molecule has 1 aromatic rings. The molecular formula is C11H13ClFNS. The minimum absolute atomic E-state index is 0.108. The van der Waals surface area contributed by atoms with Crippen LogP contribution in [0, 0.1) is 11.7 Å². The third-order valence-electron chi connectivity index (χ3n) is 2.79. The molecule has 4 heteroatoms. The van der Waals surface area contributed by atoms with E-state index < -0.39 is 0 Å². The summed E-state index contributed by atoms with van der Waals surface area (Å²) in [5, 5.41) is 0.502. The van der Waals surface area contributed by atoms with Crippen molar-refractivity contribution in [2.75, 3.05) is 5.75 Å². The van der Waals surface area contributed by atoms with Gasteiger partial charge in [0.1, 0.15) is 5.82 Å². The number of rotatable bonds is 0. The van der Waals surface area contributed by atoms with Crippen LogP contribution in [-0.4, -0.2) is 5.75 Å². The van der Waals surface area contributed by atoms with Crippen LogP contribution >= 0.6 is 23.4 Å². The predicted molar refractivity (Wildman–Crippen MR) is 63.7 cm³/mol. The molecular weight excluding hydrogens is 233 g/mol. The van der Waals surface area contributed by atoms with E-state index in [4.69, 9.17) is 17.3 Å². The van der Waals surface area contributed by atoms with Gasteiger partial charge in [0.25, 0.3) is 0 Å². The van der Waals surface area contributed by atoms with Crippen LogP contribution in [-0.2, 0) is 5.75 Å². The highest BCUT2D eigenvalue weighted by molar-refractivity contribution is 7.98. The fourth-order valence-corrected chi connectivity index (χ4v) is 3.41. The van der Waals surface area contributed by atoms with E-state index in [0.29, 0.717) is 10.9 Å². The molecule has 2 N–H and O–H groups in total. The highest BCUT2D eigenvalue weighted by atomic mass is 35.5. The van der Waals surface area contributed by atoms with Gasteiger partial charge in [0, 0.05) is 16.8 Å². The Bertz CT molecular complexity index is 383. The van der Waals surface area contributed by atoms with Crippen molar-refractivity contribution in [1.29, 1.82) is 0 Å². The average Bonchev–Trinajstić information content (AvgIpc) is 2.30. The number of thioether (sulfide) groups is 1. The number of halogens is 2. The lowest BCUT2D eigenvalue weighted by atomic mass is 9.93. The second-order valence-corrected chi connectivity index (χ2v) is 5.41. The van der Waals surface area contributed by atoms with Crippen LogP contribution in [0.1, 0.15) is 24.1 Å². The molecule has 0 amide bonds. The molecule has 0 radical (unpaired) electrons. The Morgan fingerprint density at radius 3 is 3.00 bits per heavy atom. The molecule has 1 aromatic carbocycles. The second-order valence-electron chi connectivity index (χ2n) is 3.97. The molecule has 0 saturated heterocycles. The molecule has 1 heterocycles. The summed E-state index contributed by atoms with van der Waals surface area (Å²) in [7, 11) is 0. The molecule has 1 nitrogen and oxygen atoms in total. The lowest BCUT2D eigenvalue weighted by molar-refractivity contribution is 0.519. The highest BCUT2D eigenvalue weighted by Gasteiger charge is 2.24. The van der Waals surface area contributed by atoms with Gasteiger partial charge in [0.15, 0.2) is 0 Å². The summed E-state index contributed by atoms with van der Waals surface area (Å²) in [6.07, 6.45) is 0. The third kappa shape index (κ3) is 2.14. The summed E-state index contributed by atoms with van der Waals surface area (Å²) < 4.78 is 13.2. The van der Waals surface area contributed by atoms with Gasteiger partial charge in [-0.05, 0) is 34.9 Å². The van der Waals surface area contributed by atoms with Crippen LogP contribution in [0.15, 0.2) is 12.1 Å². The van der Waals surface area contributed by atoms with E-state index in [-0.39, 0.29) is 11.9 Å². The lowest BCUT2D eigenvalue weighted by Crippen LogP contribution is -2.20. The third-order valence-corrected chi connectivity index (χ3v) is 4.39.